The van der Waals surface area contributed by atoms with Gasteiger partial charge in [-0.05, 0) is 25.0 Å². The summed E-state index contributed by atoms with van der Waals surface area (Å²) < 4.78 is 4.02. The van der Waals surface area contributed by atoms with Crippen LogP contribution in [0.25, 0.3) is 0 Å². The minimum atomic E-state index is -0.457. The Morgan fingerprint density at radius 2 is 2.22 bits per heavy atom. The highest BCUT2D eigenvalue weighted by atomic mass is 16.1. The predicted molar refractivity (Wildman–Crippen MR) is 99.3 cm³/mol. The first kappa shape index (κ1) is 17.2. The van der Waals surface area contributed by atoms with Crippen molar-refractivity contribution < 1.29 is 4.79 Å². The van der Waals surface area contributed by atoms with Gasteiger partial charge in [-0.3, -0.25) is 4.79 Å². The van der Waals surface area contributed by atoms with Gasteiger partial charge in [0.1, 0.15) is 11.6 Å². The summed E-state index contributed by atoms with van der Waals surface area (Å²) in [5.41, 5.74) is 5.97. The van der Waals surface area contributed by atoms with Gasteiger partial charge in [-0.15, -0.1) is 10.2 Å². The molecule has 0 bridgehead atoms. The molecule has 4 heterocycles. The minimum Gasteiger partial charge on any atom is -0.365 e. The highest BCUT2D eigenvalue weighted by molar-refractivity contribution is 5.97. The van der Waals surface area contributed by atoms with E-state index < -0.39 is 5.91 Å². The number of aromatic nitrogens is 6. The maximum atomic E-state index is 11.7. The molecule has 3 aromatic rings. The second-order valence-electron chi connectivity index (χ2n) is 6.79. The van der Waals surface area contributed by atoms with E-state index in [0.29, 0.717) is 17.9 Å². The van der Waals surface area contributed by atoms with Crippen molar-refractivity contribution in [1.82, 2.24) is 29.3 Å². The molecule has 0 aliphatic carbocycles. The summed E-state index contributed by atoms with van der Waals surface area (Å²) in [5.74, 6) is 2.25. The van der Waals surface area contributed by atoms with Gasteiger partial charge in [0.2, 0.25) is 0 Å². The van der Waals surface area contributed by atoms with Crippen molar-refractivity contribution in [3.05, 3.63) is 54.3 Å². The Hall–Kier alpha value is -3.23. The molecular weight excluding hydrogens is 344 g/mol. The number of hydrogen-bond donors (Lipinski definition) is 1. The average Bonchev–Trinajstić information content (AvgIpc) is 3.33. The van der Waals surface area contributed by atoms with Gasteiger partial charge in [0.25, 0.3) is 5.91 Å². The molecule has 1 aliphatic heterocycles. The third-order valence-electron chi connectivity index (χ3n) is 5.02. The number of carbonyl (C=O) groups is 1. The van der Waals surface area contributed by atoms with Crippen LogP contribution in [0, 0.1) is 0 Å². The van der Waals surface area contributed by atoms with E-state index in [0.717, 1.165) is 37.6 Å². The average molecular weight is 366 g/mol. The zero-order chi connectivity index (χ0) is 18.8. The molecule has 1 aliphatic rings. The Kier molecular flexibility index (Phi) is 4.57. The molecule has 0 spiro atoms. The summed E-state index contributed by atoms with van der Waals surface area (Å²) >= 11 is 0. The molecule has 1 atom stereocenters. The third-order valence-corrected chi connectivity index (χ3v) is 5.02. The molecule has 0 radical (unpaired) electrons. The highest BCUT2D eigenvalue weighted by Crippen LogP contribution is 2.29. The van der Waals surface area contributed by atoms with Gasteiger partial charge in [-0.2, -0.15) is 0 Å². The Morgan fingerprint density at radius 1 is 1.33 bits per heavy atom. The number of piperidine rings is 1. The van der Waals surface area contributed by atoms with Crippen LogP contribution in [0.4, 0.5) is 5.82 Å². The normalized spacial score (nSPS) is 17.2. The quantitative estimate of drug-likeness (QED) is 0.720. The number of amides is 1. The van der Waals surface area contributed by atoms with Gasteiger partial charge in [-0.25, -0.2) is 9.97 Å². The number of pyridine rings is 1. The highest BCUT2D eigenvalue weighted by Gasteiger charge is 2.28. The fourth-order valence-corrected chi connectivity index (χ4v) is 3.63. The van der Waals surface area contributed by atoms with Crippen LogP contribution in [-0.2, 0) is 13.6 Å². The zero-order valence-corrected chi connectivity index (χ0v) is 15.2. The summed E-state index contributed by atoms with van der Waals surface area (Å²) in [5, 5.41) is 8.81. The zero-order valence-electron chi connectivity index (χ0n) is 15.2. The summed E-state index contributed by atoms with van der Waals surface area (Å²) in [6.45, 7) is 2.20. The Labute approximate surface area is 156 Å². The molecule has 27 heavy (non-hydrogen) atoms. The smallest absolute Gasteiger partial charge is 0.252 e. The van der Waals surface area contributed by atoms with E-state index in [1.807, 2.05) is 17.8 Å². The first-order valence-electron chi connectivity index (χ1n) is 8.97. The van der Waals surface area contributed by atoms with Crippen LogP contribution < -0.4 is 10.6 Å². The van der Waals surface area contributed by atoms with Crippen LogP contribution in [0.5, 0.6) is 0 Å². The van der Waals surface area contributed by atoms with Crippen molar-refractivity contribution in [1.29, 1.82) is 0 Å². The van der Waals surface area contributed by atoms with Gasteiger partial charge in [0.15, 0.2) is 5.82 Å². The lowest BCUT2D eigenvalue weighted by atomic mass is 9.96. The maximum absolute atomic E-state index is 11.7. The van der Waals surface area contributed by atoms with Gasteiger partial charge < -0.3 is 19.8 Å². The number of imidazole rings is 1. The van der Waals surface area contributed by atoms with Crippen LogP contribution in [-0.4, -0.2) is 48.3 Å². The van der Waals surface area contributed by atoms with E-state index in [1.54, 1.807) is 30.9 Å². The molecule has 0 saturated carbocycles. The van der Waals surface area contributed by atoms with E-state index in [1.165, 1.54) is 0 Å². The van der Waals surface area contributed by atoms with E-state index >= 15 is 0 Å². The minimum absolute atomic E-state index is 0.218. The SMILES string of the molecule is Cn1c(Cn2ccnc2)nnc1[C@@H]1CCCN(c2ncccc2C(N)=O)C1. The number of nitrogens with two attached hydrogens (primary N) is 1. The number of carbonyl (C=O) groups excluding carboxylic acids is 1. The fourth-order valence-electron chi connectivity index (χ4n) is 3.63. The van der Waals surface area contributed by atoms with E-state index in [9.17, 15) is 4.79 Å². The maximum Gasteiger partial charge on any atom is 0.252 e. The standard InChI is InChI=1S/C18H22N8O/c1-24-15(11-25-9-7-20-12-25)22-23-17(24)13-4-3-8-26(10-13)18-14(16(19)27)5-2-6-21-18/h2,5-7,9,12-13H,3-4,8,10-11H2,1H3,(H2,19,27)/t13-/m1/s1. The number of rotatable bonds is 5. The molecule has 3 aromatic heterocycles. The number of nitrogens with zero attached hydrogens (tertiary/aromatic N) is 7. The van der Waals surface area contributed by atoms with Crippen molar-refractivity contribution in [2.24, 2.45) is 12.8 Å². The van der Waals surface area contributed by atoms with Gasteiger partial charge in [-0.1, -0.05) is 0 Å². The second-order valence-corrected chi connectivity index (χ2v) is 6.79. The van der Waals surface area contributed by atoms with Gasteiger partial charge >= 0.3 is 0 Å². The number of primary amides is 1. The van der Waals surface area contributed by atoms with Crippen molar-refractivity contribution in [3.63, 3.8) is 0 Å². The molecule has 1 fully saturated rings. The summed E-state index contributed by atoms with van der Waals surface area (Å²) in [6.07, 6.45) is 9.12. The second kappa shape index (κ2) is 7.18. The monoisotopic (exact) mass is 366 g/mol. The van der Waals surface area contributed by atoms with Crippen molar-refractivity contribution >= 4 is 11.7 Å². The topological polar surface area (TPSA) is 108 Å². The van der Waals surface area contributed by atoms with E-state index in [4.69, 9.17) is 5.73 Å². The van der Waals surface area contributed by atoms with Crippen LogP contribution in [0.1, 0.15) is 40.8 Å². The Bertz CT molecular complexity index is 933. The van der Waals surface area contributed by atoms with Crippen molar-refractivity contribution in [2.75, 3.05) is 18.0 Å². The Morgan fingerprint density at radius 3 is 3.00 bits per heavy atom. The number of hydrogen-bond acceptors (Lipinski definition) is 6. The molecule has 4 rings (SSSR count). The lowest BCUT2D eigenvalue weighted by molar-refractivity contribution is 0.100. The number of anilines is 1. The van der Waals surface area contributed by atoms with Crippen LogP contribution in [0.2, 0.25) is 0 Å². The van der Waals surface area contributed by atoms with Crippen LogP contribution in [0.3, 0.4) is 0 Å². The molecule has 0 aromatic carbocycles. The predicted octanol–water partition coefficient (Wildman–Crippen LogP) is 0.938. The molecule has 1 amide bonds. The van der Waals surface area contributed by atoms with E-state index in [2.05, 4.69) is 29.6 Å². The Balaban J connectivity index is 1.56. The fraction of sp³-hybridized carbons (Fsp3) is 0.389. The molecule has 2 N–H and O–H groups in total. The van der Waals surface area contributed by atoms with E-state index in [-0.39, 0.29) is 5.92 Å². The first-order chi connectivity index (χ1) is 13.1. The third kappa shape index (κ3) is 3.40. The molecule has 9 heteroatoms. The van der Waals surface area contributed by atoms with Gasteiger partial charge in [0.05, 0.1) is 18.4 Å². The molecular formula is C18H22N8O. The summed E-state index contributed by atoms with van der Waals surface area (Å²) in [4.78, 5) is 22.3. The molecule has 0 unspecified atom stereocenters. The lowest BCUT2D eigenvalue weighted by Crippen LogP contribution is -2.37. The van der Waals surface area contributed by atoms with Crippen molar-refractivity contribution in [2.45, 2.75) is 25.3 Å². The van der Waals surface area contributed by atoms with Crippen molar-refractivity contribution in [3.8, 4) is 0 Å². The lowest BCUT2D eigenvalue weighted by Gasteiger charge is -2.33. The summed E-state index contributed by atoms with van der Waals surface area (Å²) in [6, 6.07) is 3.45. The molecule has 9 nitrogen and oxygen atoms in total. The van der Waals surface area contributed by atoms with Crippen LogP contribution >= 0.6 is 0 Å². The van der Waals surface area contributed by atoms with Crippen LogP contribution in [0.15, 0.2) is 37.1 Å². The molecule has 140 valence electrons. The summed E-state index contributed by atoms with van der Waals surface area (Å²) in [7, 11) is 2.00. The largest absolute Gasteiger partial charge is 0.365 e. The first-order valence-corrected chi connectivity index (χ1v) is 8.97. The van der Waals surface area contributed by atoms with Gasteiger partial charge in [0, 0.05) is 44.6 Å². The molecule has 1 saturated heterocycles.